The summed E-state index contributed by atoms with van der Waals surface area (Å²) in [6.45, 7) is 1.16. The van der Waals surface area contributed by atoms with Gasteiger partial charge in [-0.05, 0) is 23.8 Å². The molecule has 0 bridgehead atoms. The maximum absolute atomic E-state index is 13.9. The normalized spacial score (nSPS) is 10.4. The first-order valence-electron chi connectivity index (χ1n) is 8.21. The first kappa shape index (κ1) is 19.6. The Morgan fingerprint density at radius 2 is 1.81 bits per heavy atom. The number of anilines is 2. The molecule has 0 spiro atoms. The van der Waals surface area contributed by atoms with Crippen molar-refractivity contribution in [2.45, 2.75) is 6.42 Å². The van der Waals surface area contributed by atoms with Gasteiger partial charge in [-0.25, -0.2) is 4.39 Å². The van der Waals surface area contributed by atoms with E-state index in [9.17, 15) is 14.0 Å². The Bertz CT molecular complexity index is 738. The maximum Gasteiger partial charge on any atom is 0.238 e. The van der Waals surface area contributed by atoms with Gasteiger partial charge in [0.05, 0.1) is 25.3 Å². The average molecular weight is 359 g/mol. The van der Waals surface area contributed by atoms with Crippen LogP contribution in [0.25, 0.3) is 0 Å². The maximum atomic E-state index is 13.9. The Morgan fingerprint density at radius 3 is 2.54 bits per heavy atom. The Morgan fingerprint density at radius 1 is 1.04 bits per heavy atom. The minimum Gasteiger partial charge on any atom is -0.383 e. The molecule has 0 heterocycles. The van der Waals surface area contributed by atoms with E-state index in [2.05, 4.69) is 16.0 Å². The highest BCUT2D eigenvalue weighted by atomic mass is 19.1. The van der Waals surface area contributed by atoms with Crippen LogP contribution in [0, 0.1) is 5.82 Å². The van der Waals surface area contributed by atoms with Crippen molar-refractivity contribution in [2.24, 2.45) is 0 Å². The molecule has 2 rings (SSSR count). The van der Waals surface area contributed by atoms with Crippen molar-refractivity contribution < 1.29 is 18.7 Å². The summed E-state index contributed by atoms with van der Waals surface area (Å²) in [6, 6.07) is 13.2. The molecule has 0 radical (unpaired) electrons. The second-order valence-electron chi connectivity index (χ2n) is 5.62. The van der Waals surface area contributed by atoms with E-state index in [0.29, 0.717) is 18.8 Å². The highest BCUT2D eigenvalue weighted by molar-refractivity contribution is 5.95. The topological polar surface area (TPSA) is 79.5 Å². The zero-order valence-electron chi connectivity index (χ0n) is 14.5. The first-order chi connectivity index (χ1) is 12.6. The number of rotatable bonds is 9. The van der Waals surface area contributed by atoms with Crippen LogP contribution in [0.15, 0.2) is 48.5 Å². The molecule has 0 fully saturated rings. The lowest BCUT2D eigenvalue weighted by Crippen LogP contribution is -2.30. The van der Waals surface area contributed by atoms with Crippen LogP contribution in [0.4, 0.5) is 15.8 Å². The smallest absolute Gasteiger partial charge is 0.238 e. The van der Waals surface area contributed by atoms with Gasteiger partial charge in [-0.3, -0.25) is 9.59 Å². The molecule has 0 aliphatic rings. The second kappa shape index (κ2) is 10.3. The molecular formula is C19H22FN3O3. The molecule has 0 saturated heterocycles. The third kappa shape index (κ3) is 6.62. The van der Waals surface area contributed by atoms with Gasteiger partial charge < -0.3 is 20.7 Å². The van der Waals surface area contributed by atoms with Crippen LogP contribution in [0.3, 0.4) is 0 Å². The molecule has 3 N–H and O–H groups in total. The van der Waals surface area contributed by atoms with Gasteiger partial charge in [0.1, 0.15) is 5.82 Å². The highest BCUT2D eigenvalue weighted by Crippen LogP contribution is 2.20. The van der Waals surface area contributed by atoms with E-state index in [1.165, 1.54) is 18.2 Å². The van der Waals surface area contributed by atoms with E-state index in [0.717, 1.165) is 5.56 Å². The van der Waals surface area contributed by atoms with Crippen molar-refractivity contribution in [2.75, 3.05) is 37.4 Å². The molecule has 2 amide bonds. The summed E-state index contributed by atoms with van der Waals surface area (Å²) >= 11 is 0. The van der Waals surface area contributed by atoms with Gasteiger partial charge in [0.15, 0.2) is 0 Å². The van der Waals surface area contributed by atoms with Gasteiger partial charge in [-0.15, -0.1) is 0 Å². The zero-order chi connectivity index (χ0) is 18.8. The number of nitrogens with one attached hydrogen (secondary N) is 3. The van der Waals surface area contributed by atoms with Crippen LogP contribution in [0.5, 0.6) is 0 Å². The molecule has 2 aromatic rings. The fourth-order valence-corrected chi connectivity index (χ4v) is 2.26. The lowest BCUT2D eigenvalue weighted by atomic mass is 10.1. The summed E-state index contributed by atoms with van der Waals surface area (Å²) in [5.41, 5.74) is 1.26. The van der Waals surface area contributed by atoms with Crippen molar-refractivity contribution in [3.63, 3.8) is 0 Å². The van der Waals surface area contributed by atoms with Crippen LogP contribution in [-0.4, -0.2) is 38.6 Å². The van der Waals surface area contributed by atoms with E-state index in [1.807, 2.05) is 30.3 Å². The monoisotopic (exact) mass is 359 g/mol. The van der Waals surface area contributed by atoms with Gasteiger partial charge in [0, 0.05) is 19.3 Å². The fraction of sp³-hybridized carbons (Fsp3) is 0.263. The number of benzene rings is 2. The van der Waals surface area contributed by atoms with Crippen LogP contribution in [0.1, 0.15) is 5.56 Å². The number of ether oxygens (including phenoxy) is 1. The van der Waals surface area contributed by atoms with Gasteiger partial charge in [-0.2, -0.15) is 0 Å². The number of amides is 2. The first-order valence-corrected chi connectivity index (χ1v) is 8.21. The molecule has 7 heteroatoms. The van der Waals surface area contributed by atoms with Crippen LogP contribution in [0.2, 0.25) is 0 Å². The van der Waals surface area contributed by atoms with Crippen LogP contribution in [-0.2, 0) is 20.7 Å². The summed E-state index contributed by atoms with van der Waals surface area (Å²) in [6.07, 6.45) is 0.139. The highest BCUT2D eigenvalue weighted by Gasteiger charge is 2.10. The molecule has 0 aliphatic heterocycles. The standard InChI is InChI=1S/C19H22FN3O3/c1-26-10-9-21-13-19(25)22-15-7-8-16(20)17(12-15)23-18(24)11-14-5-3-2-4-6-14/h2-8,12,21H,9-11,13H2,1H3,(H,22,25)(H,23,24). The van der Waals surface area contributed by atoms with Gasteiger partial charge in [0.25, 0.3) is 0 Å². The number of carbonyl (C=O) groups excluding carboxylic acids is 2. The van der Waals surface area contributed by atoms with Crippen LogP contribution >= 0.6 is 0 Å². The van der Waals surface area contributed by atoms with Crippen molar-refractivity contribution in [1.82, 2.24) is 5.32 Å². The molecule has 26 heavy (non-hydrogen) atoms. The van der Waals surface area contributed by atoms with Crippen molar-refractivity contribution >= 4 is 23.2 Å². The summed E-state index contributed by atoms with van der Waals surface area (Å²) < 4.78 is 18.8. The predicted molar refractivity (Wildman–Crippen MR) is 98.6 cm³/mol. The molecular weight excluding hydrogens is 337 g/mol. The average Bonchev–Trinajstić information content (AvgIpc) is 2.62. The quantitative estimate of drug-likeness (QED) is 0.600. The largest absolute Gasteiger partial charge is 0.383 e. The Hall–Kier alpha value is -2.77. The van der Waals surface area contributed by atoms with Crippen molar-refractivity contribution in [3.05, 3.63) is 59.9 Å². The number of halogens is 1. The number of methoxy groups -OCH3 is 1. The molecule has 138 valence electrons. The van der Waals surface area contributed by atoms with Crippen molar-refractivity contribution in [1.29, 1.82) is 0 Å². The SMILES string of the molecule is COCCNCC(=O)Nc1ccc(F)c(NC(=O)Cc2ccccc2)c1. The molecule has 0 aliphatic carbocycles. The predicted octanol–water partition coefficient (Wildman–Crippen LogP) is 2.18. The number of hydrogen-bond donors (Lipinski definition) is 3. The van der Waals surface area contributed by atoms with E-state index < -0.39 is 5.82 Å². The lowest BCUT2D eigenvalue weighted by Gasteiger charge is -2.10. The van der Waals surface area contributed by atoms with Gasteiger partial charge >= 0.3 is 0 Å². The molecule has 0 saturated carbocycles. The number of carbonyl (C=O) groups is 2. The lowest BCUT2D eigenvalue weighted by molar-refractivity contribution is -0.116. The zero-order valence-corrected chi connectivity index (χ0v) is 14.5. The third-order valence-corrected chi connectivity index (χ3v) is 3.50. The summed E-state index contributed by atoms with van der Waals surface area (Å²) in [5.74, 6) is -1.17. The minimum atomic E-state index is -0.567. The molecule has 0 atom stereocenters. The van der Waals surface area contributed by atoms with Gasteiger partial charge in [-0.1, -0.05) is 30.3 Å². The Labute approximate surface area is 151 Å². The third-order valence-electron chi connectivity index (χ3n) is 3.50. The molecule has 2 aromatic carbocycles. The number of hydrogen-bond acceptors (Lipinski definition) is 4. The summed E-state index contributed by atoms with van der Waals surface area (Å²) in [7, 11) is 1.58. The van der Waals surface area contributed by atoms with Gasteiger partial charge in [0.2, 0.25) is 11.8 Å². The molecule has 0 unspecified atom stereocenters. The summed E-state index contributed by atoms with van der Waals surface area (Å²) in [4.78, 5) is 23.9. The van der Waals surface area contributed by atoms with E-state index in [-0.39, 0.29) is 30.5 Å². The fourth-order valence-electron chi connectivity index (χ4n) is 2.26. The summed E-state index contributed by atoms with van der Waals surface area (Å²) in [5, 5.41) is 8.10. The molecule has 6 nitrogen and oxygen atoms in total. The Balaban J connectivity index is 1.91. The van der Waals surface area contributed by atoms with Crippen LogP contribution < -0.4 is 16.0 Å². The molecule has 0 aromatic heterocycles. The van der Waals surface area contributed by atoms with E-state index in [4.69, 9.17) is 4.74 Å². The minimum absolute atomic E-state index is 0.0241. The van der Waals surface area contributed by atoms with E-state index >= 15 is 0 Å². The van der Waals surface area contributed by atoms with Crippen molar-refractivity contribution in [3.8, 4) is 0 Å². The Kier molecular flexibility index (Phi) is 7.73. The second-order valence-corrected chi connectivity index (χ2v) is 5.62. The van der Waals surface area contributed by atoms with E-state index in [1.54, 1.807) is 7.11 Å².